The molecule has 0 bridgehead atoms. The monoisotopic (exact) mass is 651 g/mol. The first-order valence-corrected chi connectivity index (χ1v) is 15.4. The number of alkyl halides is 2. The molecule has 11 nitrogen and oxygen atoms in total. The van der Waals surface area contributed by atoms with Crippen LogP contribution in [0, 0.1) is 5.82 Å². The van der Waals surface area contributed by atoms with Crippen molar-refractivity contribution >= 4 is 43.5 Å². The standard InChI is InChI=1S/C31H28F3N7O4S/c1-16(17-5-9-20(32)10-6-17)45-25-14-19(7-11-22(25)38-46(43,44)30(33)34)27-26-28(41(4)37-27)21(15-36-29(26)35)18-8-12-23-24(13-18)40(3)31(42)39(23)2/h5-16,30,38H,1-4H3,(H2,35,36)/t16-/m0/s1. The highest BCUT2D eigenvalue weighted by atomic mass is 32.2. The fraction of sp³-hybridized carbons (Fsp3) is 0.194. The van der Waals surface area contributed by atoms with Gasteiger partial charge in [-0.15, -0.1) is 0 Å². The van der Waals surface area contributed by atoms with Crippen molar-refractivity contribution in [2.24, 2.45) is 21.1 Å². The molecule has 3 N–H and O–H groups in total. The number of hydrogen-bond acceptors (Lipinski definition) is 7. The lowest BCUT2D eigenvalue weighted by atomic mass is 10.0. The van der Waals surface area contributed by atoms with Crippen molar-refractivity contribution in [2.45, 2.75) is 18.8 Å². The number of ether oxygens (including phenoxy) is 1. The minimum atomic E-state index is -5.04. The van der Waals surface area contributed by atoms with E-state index in [0.29, 0.717) is 33.3 Å². The number of nitrogens with zero attached hydrogens (tertiary/aromatic N) is 5. The molecule has 6 aromatic rings. The minimum Gasteiger partial charge on any atom is -0.484 e. The van der Waals surface area contributed by atoms with Gasteiger partial charge in [-0.3, -0.25) is 18.5 Å². The maximum Gasteiger partial charge on any atom is 0.355 e. The molecule has 0 spiro atoms. The van der Waals surface area contributed by atoms with E-state index in [4.69, 9.17) is 15.6 Å². The summed E-state index contributed by atoms with van der Waals surface area (Å²) in [7, 11) is 0.0774. The van der Waals surface area contributed by atoms with E-state index >= 15 is 0 Å². The van der Waals surface area contributed by atoms with E-state index in [9.17, 15) is 26.4 Å². The number of imidazole rings is 1. The molecule has 0 saturated carbocycles. The number of sulfonamides is 1. The lowest BCUT2D eigenvalue weighted by Crippen LogP contribution is -2.21. The molecule has 3 heterocycles. The lowest BCUT2D eigenvalue weighted by Gasteiger charge is -2.19. The van der Waals surface area contributed by atoms with Gasteiger partial charge in [-0.25, -0.2) is 22.6 Å². The van der Waals surface area contributed by atoms with Gasteiger partial charge in [-0.2, -0.15) is 13.9 Å². The number of hydrogen-bond donors (Lipinski definition) is 2. The molecule has 0 amide bonds. The number of rotatable bonds is 8. The Balaban J connectivity index is 1.49. The van der Waals surface area contributed by atoms with Gasteiger partial charge in [-0.1, -0.05) is 24.3 Å². The first-order chi connectivity index (χ1) is 21.8. The largest absolute Gasteiger partial charge is 0.484 e. The number of benzene rings is 3. The Bertz CT molecular complexity index is 2310. The number of nitrogen functional groups attached to an aromatic ring is 1. The predicted molar refractivity (Wildman–Crippen MR) is 170 cm³/mol. The number of pyridine rings is 1. The van der Waals surface area contributed by atoms with Gasteiger partial charge in [0.25, 0.3) is 10.0 Å². The Hall–Kier alpha value is -5.31. The maximum absolute atomic E-state index is 13.5. The van der Waals surface area contributed by atoms with E-state index in [1.54, 1.807) is 48.1 Å². The molecule has 0 aliphatic heterocycles. The van der Waals surface area contributed by atoms with Gasteiger partial charge in [0.15, 0.2) is 0 Å². The van der Waals surface area contributed by atoms with Crippen LogP contribution in [0.4, 0.5) is 24.7 Å². The Morgan fingerprint density at radius 2 is 1.61 bits per heavy atom. The van der Waals surface area contributed by atoms with E-state index in [1.165, 1.54) is 42.5 Å². The van der Waals surface area contributed by atoms with Gasteiger partial charge in [0, 0.05) is 38.5 Å². The quantitative estimate of drug-likeness (QED) is 0.227. The summed E-state index contributed by atoms with van der Waals surface area (Å²) in [5.41, 5.74) is 10.9. The van der Waals surface area contributed by atoms with Crippen LogP contribution in [0.5, 0.6) is 5.75 Å². The summed E-state index contributed by atoms with van der Waals surface area (Å²) in [5, 5.41) is 5.19. The second-order valence-electron chi connectivity index (χ2n) is 10.8. The Kier molecular flexibility index (Phi) is 7.51. The zero-order valence-electron chi connectivity index (χ0n) is 25.0. The number of aromatic nitrogens is 5. The first-order valence-electron chi connectivity index (χ1n) is 13.9. The predicted octanol–water partition coefficient (Wildman–Crippen LogP) is 5.32. The zero-order chi connectivity index (χ0) is 33.1. The van der Waals surface area contributed by atoms with Crippen LogP contribution in [0.15, 0.2) is 71.7 Å². The van der Waals surface area contributed by atoms with Gasteiger partial charge < -0.3 is 10.5 Å². The third-order valence-electron chi connectivity index (χ3n) is 7.86. The number of nitrogens with two attached hydrogens (primary N) is 1. The topological polar surface area (TPSA) is 139 Å². The molecule has 0 radical (unpaired) electrons. The summed E-state index contributed by atoms with van der Waals surface area (Å²) in [6, 6.07) is 15.3. The van der Waals surface area contributed by atoms with E-state index in [0.717, 1.165) is 16.6 Å². The second kappa shape index (κ2) is 11.2. The van der Waals surface area contributed by atoms with Crippen molar-refractivity contribution in [3.05, 3.63) is 88.7 Å². The maximum atomic E-state index is 13.5. The summed E-state index contributed by atoms with van der Waals surface area (Å²) in [6.45, 7) is 1.65. The fourth-order valence-electron chi connectivity index (χ4n) is 5.46. The molecular formula is C31H28F3N7O4S. The number of aryl methyl sites for hydroxylation is 3. The van der Waals surface area contributed by atoms with Crippen molar-refractivity contribution in [1.82, 2.24) is 23.9 Å². The van der Waals surface area contributed by atoms with Crippen LogP contribution >= 0.6 is 0 Å². The third kappa shape index (κ3) is 5.21. The van der Waals surface area contributed by atoms with Crippen molar-refractivity contribution in [3.8, 4) is 28.1 Å². The minimum absolute atomic E-state index is 0.0736. The molecule has 15 heteroatoms. The van der Waals surface area contributed by atoms with Crippen LogP contribution in [0.1, 0.15) is 18.6 Å². The summed E-state index contributed by atoms with van der Waals surface area (Å²) in [5.74, 6) is -4.05. The SMILES string of the molecule is C[C@H](Oc1cc(-c2nn(C)c3c(-c4ccc5c(c4)n(C)c(=O)n5C)cnc(N)c23)ccc1NS(=O)(=O)C(F)F)c1ccc(F)cc1. The Morgan fingerprint density at radius 1 is 0.935 bits per heavy atom. The van der Waals surface area contributed by atoms with Gasteiger partial charge in [0.2, 0.25) is 0 Å². The van der Waals surface area contributed by atoms with Crippen LogP contribution in [0.3, 0.4) is 0 Å². The van der Waals surface area contributed by atoms with E-state index in [-0.39, 0.29) is 22.9 Å². The highest BCUT2D eigenvalue weighted by molar-refractivity contribution is 7.93. The molecular weight excluding hydrogens is 623 g/mol. The van der Waals surface area contributed by atoms with Gasteiger partial charge in [0.05, 0.1) is 27.6 Å². The molecule has 3 aromatic heterocycles. The summed E-state index contributed by atoms with van der Waals surface area (Å²) in [6.07, 6.45) is 0.889. The molecule has 46 heavy (non-hydrogen) atoms. The fourth-order valence-corrected chi connectivity index (χ4v) is 6.03. The molecule has 3 aromatic carbocycles. The first kappa shape index (κ1) is 30.7. The highest BCUT2D eigenvalue weighted by Crippen LogP contribution is 2.40. The van der Waals surface area contributed by atoms with E-state index in [1.807, 2.05) is 22.9 Å². The number of fused-ring (bicyclic) bond motifs is 2. The molecule has 238 valence electrons. The number of nitrogens with one attached hydrogen (secondary N) is 1. The van der Waals surface area contributed by atoms with Crippen molar-refractivity contribution < 1.29 is 26.3 Å². The Morgan fingerprint density at radius 3 is 2.30 bits per heavy atom. The number of anilines is 2. The normalized spacial score (nSPS) is 12.7. The van der Waals surface area contributed by atoms with E-state index in [2.05, 4.69) is 4.98 Å². The average Bonchev–Trinajstić information content (AvgIpc) is 3.48. The lowest BCUT2D eigenvalue weighted by molar-refractivity contribution is 0.228. The van der Waals surface area contributed by atoms with Crippen molar-refractivity contribution in [2.75, 3.05) is 10.5 Å². The molecule has 0 unspecified atom stereocenters. The zero-order valence-corrected chi connectivity index (χ0v) is 25.8. The van der Waals surface area contributed by atoms with Crippen LogP contribution in [-0.2, 0) is 31.2 Å². The van der Waals surface area contributed by atoms with Crippen LogP contribution in [0.25, 0.3) is 44.3 Å². The highest BCUT2D eigenvalue weighted by Gasteiger charge is 2.27. The molecule has 0 aliphatic carbocycles. The molecule has 1 atom stereocenters. The average molecular weight is 652 g/mol. The molecule has 0 fully saturated rings. The van der Waals surface area contributed by atoms with Gasteiger partial charge in [-0.05, 0) is 54.4 Å². The van der Waals surface area contributed by atoms with Crippen LogP contribution in [-0.4, -0.2) is 38.1 Å². The van der Waals surface area contributed by atoms with Crippen molar-refractivity contribution in [3.63, 3.8) is 0 Å². The molecule has 0 saturated heterocycles. The van der Waals surface area contributed by atoms with Gasteiger partial charge >= 0.3 is 11.4 Å². The summed E-state index contributed by atoms with van der Waals surface area (Å²) in [4.78, 5) is 16.9. The van der Waals surface area contributed by atoms with Crippen molar-refractivity contribution in [1.29, 1.82) is 0 Å². The third-order valence-corrected chi connectivity index (χ3v) is 8.83. The second-order valence-corrected chi connectivity index (χ2v) is 12.4. The van der Waals surface area contributed by atoms with E-state index < -0.39 is 27.7 Å². The molecule has 6 rings (SSSR count). The summed E-state index contributed by atoms with van der Waals surface area (Å²) >= 11 is 0. The smallest absolute Gasteiger partial charge is 0.355 e. The Labute approximate surface area is 260 Å². The van der Waals surface area contributed by atoms with Crippen LogP contribution in [0.2, 0.25) is 0 Å². The van der Waals surface area contributed by atoms with Gasteiger partial charge in [0.1, 0.15) is 29.2 Å². The summed E-state index contributed by atoms with van der Waals surface area (Å²) < 4.78 is 77.0. The van der Waals surface area contributed by atoms with Crippen LogP contribution < -0.4 is 20.9 Å². The number of halogens is 3. The molecule has 0 aliphatic rings.